The number of hydrogen-bond donors (Lipinski definition) is 2. The van der Waals surface area contributed by atoms with Crippen molar-refractivity contribution >= 4 is 27.5 Å². The number of carbonyl (C=O) groups is 2. The second kappa shape index (κ2) is 11.1. The van der Waals surface area contributed by atoms with Crippen LogP contribution >= 0.6 is 0 Å². The van der Waals surface area contributed by atoms with Crippen molar-refractivity contribution in [1.82, 2.24) is 14.5 Å². The average molecular weight is 486 g/mol. The SMILES string of the molecule is COc1ccc(C(=O)N2CCN(C)CC2)cc1NC(=O)c1ccc(S(=O)(=O)NCCC#N)cc1. The summed E-state index contributed by atoms with van der Waals surface area (Å²) in [4.78, 5) is 29.6. The van der Waals surface area contributed by atoms with E-state index in [1.165, 1.54) is 31.4 Å². The summed E-state index contributed by atoms with van der Waals surface area (Å²) in [5, 5.41) is 11.3. The number of likely N-dealkylation sites (N-methyl/N-ethyl adjacent to an activating group) is 1. The fraction of sp³-hybridized carbons (Fsp3) is 0.348. The second-order valence-electron chi connectivity index (χ2n) is 7.79. The lowest BCUT2D eigenvalue weighted by Crippen LogP contribution is -2.47. The molecule has 1 aliphatic rings. The Morgan fingerprint density at radius 1 is 1.06 bits per heavy atom. The molecule has 1 fully saturated rings. The van der Waals surface area contributed by atoms with Crippen LogP contribution in [0, 0.1) is 11.3 Å². The van der Waals surface area contributed by atoms with Gasteiger partial charge in [0.25, 0.3) is 11.8 Å². The second-order valence-corrected chi connectivity index (χ2v) is 9.56. The molecule has 0 radical (unpaired) electrons. The maximum absolute atomic E-state index is 12.9. The van der Waals surface area contributed by atoms with Gasteiger partial charge in [0.2, 0.25) is 10.0 Å². The zero-order valence-corrected chi connectivity index (χ0v) is 19.9. The van der Waals surface area contributed by atoms with Gasteiger partial charge < -0.3 is 19.9 Å². The molecule has 0 spiro atoms. The van der Waals surface area contributed by atoms with Crippen molar-refractivity contribution in [2.45, 2.75) is 11.3 Å². The van der Waals surface area contributed by atoms with E-state index in [1.54, 1.807) is 23.1 Å². The van der Waals surface area contributed by atoms with Crippen molar-refractivity contribution < 1.29 is 22.7 Å². The summed E-state index contributed by atoms with van der Waals surface area (Å²) in [6.07, 6.45) is 0.0535. The molecule has 0 saturated carbocycles. The number of benzene rings is 2. The summed E-state index contributed by atoms with van der Waals surface area (Å²) in [5.41, 5.74) is 1.00. The number of anilines is 1. The average Bonchev–Trinajstić information content (AvgIpc) is 2.84. The highest BCUT2D eigenvalue weighted by atomic mass is 32.2. The van der Waals surface area contributed by atoms with Crippen LogP contribution in [-0.2, 0) is 10.0 Å². The Balaban J connectivity index is 1.74. The van der Waals surface area contributed by atoms with Gasteiger partial charge in [-0.05, 0) is 49.5 Å². The van der Waals surface area contributed by atoms with Gasteiger partial charge in [0.15, 0.2) is 0 Å². The third kappa shape index (κ3) is 6.11. The molecule has 2 N–H and O–H groups in total. The predicted molar refractivity (Wildman–Crippen MR) is 126 cm³/mol. The van der Waals surface area contributed by atoms with Crippen molar-refractivity contribution in [3.05, 3.63) is 53.6 Å². The molecule has 11 heteroatoms. The molecule has 0 aliphatic carbocycles. The standard InChI is InChI=1S/C23H27N5O5S/c1-27-12-14-28(15-13-27)23(30)18-6-9-21(33-2)20(16-18)26-22(29)17-4-7-19(8-5-17)34(31,32)25-11-3-10-24/h4-9,16,25H,3,11-15H2,1-2H3,(H,26,29). The number of nitrogens with one attached hydrogen (secondary N) is 2. The number of ether oxygens (including phenoxy) is 1. The van der Waals surface area contributed by atoms with Gasteiger partial charge in [-0.25, -0.2) is 13.1 Å². The first-order chi connectivity index (χ1) is 16.2. The quantitative estimate of drug-likeness (QED) is 0.542. The molecular formula is C23H27N5O5S. The van der Waals surface area contributed by atoms with Crippen LogP contribution in [0.3, 0.4) is 0 Å². The molecule has 0 bridgehead atoms. The molecule has 0 aromatic heterocycles. The van der Waals surface area contributed by atoms with Gasteiger partial charge in [-0.2, -0.15) is 5.26 Å². The highest BCUT2D eigenvalue weighted by molar-refractivity contribution is 7.89. The Labute approximate surface area is 199 Å². The van der Waals surface area contributed by atoms with Gasteiger partial charge in [-0.3, -0.25) is 9.59 Å². The molecule has 2 aromatic carbocycles. The van der Waals surface area contributed by atoms with Crippen LogP contribution in [0.25, 0.3) is 0 Å². The molecular weight excluding hydrogens is 458 g/mol. The fourth-order valence-corrected chi connectivity index (χ4v) is 4.47. The maximum atomic E-state index is 12.9. The maximum Gasteiger partial charge on any atom is 0.255 e. The molecule has 180 valence electrons. The molecule has 34 heavy (non-hydrogen) atoms. The fourth-order valence-electron chi connectivity index (χ4n) is 3.44. The van der Waals surface area contributed by atoms with Crippen molar-refractivity contribution in [2.24, 2.45) is 0 Å². The monoisotopic (exact) mass is 485 g/mol. The molecule has 0 unspecified atom stereocenters. The predicted octanol–water partition coefficient (Wildman–Crippen LogP) is 1.53. The largest absolute Gasteiger partial charge is 0.495 e. The number of carbonyl (C=O) groups excluding carboxylic acids is 2. The smallest absolute Gasteiger partial charge is 0.255 e. The first-order valence-electron chi connectivity index (χ1n) is 10.7. The molecule has 2 aromatic rings. The van der Waals surface area contributed by atoms with Crippen molar-refractivity contribution in [1.29, 1.82) is 5.26 Å². The van der Waals surface area contributed by atoms with Crippen LogP contribution in [-0.4, -0.2) is 76.9 Å². The summed E-state index contributed by atoms with van der Waals surface area (Å²) < 4.78 is 32.1. The van der Waals surface area contributed by atoms with Crippen molar-refractivity contribution in [3.8, 4) is 11.8 Å². The van der Waals surface area contributed by atoms with E-state index in [0.717, 1.165) is 13.1 Å². The number of sulfonamides is 1. The Hall–Kier alpha value is -3.46. The van der Waals surface area contributed by atoms with E-state index < -0.39 is 15.9 Å². The summed E-state index contributed by atoms with van der Waals surface area (Å²) in [6.45, 7) is 2.85. The lowest BCUT2D eigenvalue weighted by atomic mass is 10.1. The highest BCUT2D eigenvalue weighted by Crippen LogP contribution is 2.27. The van der Waals surface area contributed by atoms with Gasteiger partial charge >= 0.3 is 0 Å². The van der Waals surface area contributed by atoms with E-state index in [4.69, 9.17) is 10.00 Å². The minimum atomic E-state index is -3.77. The number of nitrogens with zero attached hydrogens (tertiary/aromatic N) is 3. The summed E-state index contributed by atoms with van der Waals surface area (Å²) >= 11 is 0. The Bertz CT molecular complexity index is 1180. The zero-order valence-electron chi connectivity index (χ0n) is 19.1. The summed E-state index contributed by atoms with van der Waals surface area (Å²) in [6, 6.07) is 12.1. The molecule has 3 rings (SSSR count). The van der Waals surface area contributed by atoms with E-state index in [1.807, 2.05) is 13.1 Å². The zero-order chi connectivity index (χ0) is 24.7. The van der Waals surface area contributed by atoms with Crippen LogP contribution in [0.2, 0.25) is 0 Å². The Morgan fingerprint density at radius 3 is 2.32 bits per heavy atom. The summed E-state index contributed by atoms with van der Waals surface area (Å²) in [5.74, 6) is -0.210. The van der Waals surface area contributed by atoms with Gasteiger partial charge in [0, 0.05) is 50.3 Å². The van der Waals surface area contributed by atoms with Gasteiger partial charge in [-0.15, -0.1) is 0 Å². The number of hydrogen-bond acceptors (Lipinski definition) is 7. The van der Waals surface area contributed by atoms with E-state index in [0.29, 0.717) is 30.1 Å². The molecule has 1 heterocycles. The number of methoxy groups -OCH3 is 1. The van der Waals surface area contributed by atoms with E-state index in [2.05, 4.69) is 14.9 Å². The van der Waals surface area contributed by atoms with E-state index >= 15 is 0 Å². The molecule has 0 atom stereocenters. The minimum absolute atomic E-state index is 0.00402. The van der Waals surface area contributed by atoms with E-state index in [9.17, 15) is 18.0 Å². The van der Waals surface area contributed by atoms with Crippen LogP contribution < -0.4 is 14.8 Å². The van der Waals surface area contributed by atoms with Crippen molar-refractivity contribution in [2.75, 3.05) is 52.2 Å². The highest BCUT2D eigenvalue weighted by Gasteiger charge is 2.22. The van der Waals surface area contributed by atoms with Crippen LogP contribution in [0.5, 0.6) is 5.75 Å². The molecule has 1 aliphatic heterocycles. The first kappa shape index (κ1) is 25.2. The summed E-state index contributed by atoms with van der Waals surface area (Å²) in [7, 11) is -0.298. The van der Waals surface area contributed by atoms with Gasteiger partial charge in [-0.1, -0.05) is 0 Å². The Morgan fingerprint density at radius 2 is 1.71 bits per heavy atom. The van der Waals surface area contributed by atoms with E-state index in [-0.39, 0.29) is 29.3 Å². The normalized spacial score (nSPS) is 14.3. The lowest BCUT2D eigenvalue weighted by Gasteiger charge is -2.32. The Kier molecular flexibility index (Phi) is 8.22. The van der Waals surface area contributed by atoms with Gasteiger partial charge in [0.1, 0.15) is 5.75 Å². The third-order valence-electron chi connectivity index (χ3n) is 5.44. The number of piperazine rings is 1. The number of amides is 2. The molecule has 1 saturated heterocycles. The van der Waals surface area contributed by atoms with Crippen LogP contribution in [0.1, 0.15) is 27.1 Å². The molecule has 10 nitrogen and oxygen atoms in total. The minimum Gasteiger partial charge on any atom is -0.495 e. The van der Waals surface area contributed by atoms with Crippen LogP contribution in [0.4, 0.5) is 5.69 Å². The topological polar surface area (TPSA) is 132 Å². The van der Waals surface area contributed by atoms with Crippen LogP contribution in [0.15, 0.2) is 47.4 Å². The van der Waals surface area contributed by atoms with Crippen molar-refractivity contribution in [3.63, 3.8) is 0 Å². The van der Waals surface area contributed by atoms with Gasteiger partial charge in [0.05, 0.1) is 23.8 Å². The lowest BCUT2D eigenvalue weighted by molar-refractivity contribution is 0.0664. The number of nitriles is 1. The first-order valence-corrected chi connectivity index (χ1v) is 12.2. The number of rotatable bonds is 8. The molecule has 2 amide bonds. The third-order valence-corrected chi connectivity index (χ3v) is 6.92.